The van der Waals surface area contributed by atoms with E-state index in [1.807, 2.05) is 0 Å². The zero-order valence-corrected chi connectivity index (χ0v) is 7.65. The van der Waals surface area contributed by atoms with Crippen molar-refractivity contribution >= 4 is 6.34 Å². The Morgan fingerprint density at radius 1 is 1.38 bits per heavy atom. The number of hydrazine groups is 1. The zero-order valence-electron chi connectivity index (χ0n) is 7.65. The first kappa shape index (κ1) is 12.4. The van der Waals surface area contributed by atoms with Crippen molar-refractivity contribution in [1.29, 1.82) is 0 Å². The van der Waals surface area contributed by atoms with E-state index in [0.29, 0.717) is 6.34 Å². The number of alkyl halides is 5. The van der Waals surface area contributed by atoms with Crippen LogP contribution in [0.4, 0.5) is 22.0 Å². The fourth-order valence-corrected chi connectivity index (χ4v) is 1.11. The van der Waals surface area contributed by atoms with Crippen LogP contribution in [0.1, 0.15) is 0 Å². The maximum Gasteiger partial charge on any atom is 0.457 e. The molecule has 1 aliphatic rings. The molecule has 1 atom stereocenters. The average Bonchev–Trinajstić information content (AvgIpc) is 2.45. The lowest BCUT2D eigenvalue weighted by atomic mass is 10.2. The van der Waals surface area contributed by atoms with Crippen molar-refractivity contribution in [3.63, 3.8) is 0 Å². The second kappa shape index (κ2) is 3.42. The molecule has 1 rings (SSSR count). The Hall–Kier alpha value is -1.68. The minimum atomic E-state index is -5.89. The third-order valence-corrected chi connectivity index (χ3v) is 1.85. The van der Waals surface area contributed by atoms with Gasteiger partial charge in [-0.05, 0) is 0 Å². The minimum Gasteiger partial charge on any atom is -0.264 e. The predicted octanol–water partition coefficient (Wildman–Crippen LogP) is 0.893. The maximum atomic E-state index is 12.9. The predicted molar refractivity (Wildman–Crippen MR) is 39.9 cm³/mol. The molecule has 6 nitrogen and oxygen atoms in total. The van der Waals surface area contributed by atoms with Gasteiger partial charge in [0.05, 0.1) is 0 Å². The molecule has 1 unspecified atom stereocenters. The van der Waals surface area contributed by atoms with Gasteiger partial charge < -0.3 is 0 Å². The number of hydrazone groups is 1. The summed E-state index contributed by atoms with van der Waals surface area (Å²) in [7, 11) is 0.782. The highest BCUT2D eigenvalue weighted by Gasteiger charge is 2.69. The summed E-state index contributed by atoms with van der Waals surface area (Å²) in [5.74, 6) is -5.27. The fourth-order valence-electron chi connectivity index (χ4n) is 1.11. The van der Waals surface area contributed by atoms with E-state index in [-0.39, 0.29) is 5.01 Å². The van der Waals surface area contributed by atoms with Crippen LogP contribution < -0.4 is 0 Å². The van der Waals surface area contributed by atoms with Crippen LogP contribution in [0.5, 0.6) is 0 Å². The van der Waals surface area contributed by atoms with Crippen molar-refractivity contribution in [2.75, 3.05) is 7.05 Å². The minimum absolute atomic E-state index is 0.177. The number of halogens is 5. The molecular formula is C5H5F5N4O2. The van der Waals surface area contributed by atoms with Gasteiger partial charge in [-0.15, -0.1) is 0 Å². The van der Waals surface area contributed by atoms with Crippen molar-refractivity contribution in [3.8, 4) is 0 Å². The van der Waals surface area contributed by atoms with E-state index in [1.165, 1.54) is 0 Å². The Morgan fingerprint density at radius 2 is 1.88 bits per heavy atom. The molecule has 0 fully saturated rings. The van der Waals surface area contributed by atoms with E-state index in [0.717, 1.165) is 7.05 Å². The van der Waals surface area contributed by atoms with Crippen LogP contribution in [-0.4, -0.2) is 46.7 Å². The summed E-state index contributed by atoms with van der Waals surface area (Å²) in [5, 5.41) is 11.6. The normalized spacial score (nSPS) is 21.8. The molecule has 0 spiro atoms. The molecule has 1 aliphatic heterocycles. The zero-order chi connectivity index (χ0) is 12.7. The molecule has 16 heavy (non-hydrogen) atoms. The molecule has 0 saturated carbocycles. The molecule has 1 heterocycles. The lowest BCUT2D eigenvalue weighted by Crippen LogP contribution is -2.59. The molecule has 0 aromatic heterocycles. The van der Waals surface area contributed by atoms with Crippen molar-refractivity contribution in [2.24, 2.45) is 5.10 Å². The summed E-state index contributed by atoms with van der Waals surface area (Å²) in [5.41, 5.74) is 0. The molecule has 11 heteroatoms. The largest absolute Gasteiger partial charge is 0.457 e. The van der Waals surface area contributed by atoms with E-state index in [2.05, 4.69) is 5.10 Å². The third-order valence-electron chi connectivity index (χ3n) is 1.85. The van der Waals surface area contributed by atoms with Gasteiger partial charge in [-0.1, -0.05) is 5.01 Å². The van der Waals surface area contributed by atoms with Gasteiger partial charge in [-0.2, -0.15) is 27.1 Å². The first-order valence-electron chi connectivity index (χ1n) is 3.73. The first-order chi connectivity index (χ1) is 7.09. The Bertz CT molecular complexity index is 329. The fraction of sp³-hybridized carbons (Fsp3) is 0.800. The van der Waals surface area contributed by atoms with Gasteiger partial charge in [0.2, 0.25) is 0 Å². The van der Waals surface area contributed by atoms with Crippen molar-refractivity contribution in [3.05, 3.63) is 10.1 Å². The van der Waals surface area contributed by atoms with E-state index in [1.54, 1.807) is 0 Å². The first-order valence-corrected chi connectivity index (χ1v) is 3.73. The molecular weight excluding hydrogens is 243 g/mol. The molecule has 0 saturated heterocycles. The van der Waals surface area contributed by atoms with Gasteiger partial charge in [0.25, 0.3) is 6.17 Å². The average molecular weight is 248 g/mol. The summed E-state index contributed by atoms with van der Waals surface area (Å²) in [6.07, 6.45) is -8.42. The van der Waals surface area contributed by atoms with E-state index >= 15 is 0 Å². The molecule has 0 aromatic rings. The van der Waals surface area contributed by atoms with Crippen LogP contribution in [0.3, 0.4) is 0 Å². The molecule has 0 aromatic carbocycles. The van der Waals surface area contributed by atoms with E-state index in [4.69, 9.17) is 0 Å². The van der Waals surface area contributed by atoms with Crippen LogP contribution >= 0.6 is 0 Å². The second-order valence-corrected chi connectivity index (χ2v) is 2.92. The Balaban J connectivity index is 3.07. The van der Waals surface area contributed by atoms with Crippen molar-refractivity contribution < 1.29 is 27.0 Å². The Kier molecular flexibility index (Phi) is 2.65. The van der Waals surface area contributed by atoms with Crippen LogP contribution in [0.15, 0.2) is 5.10 Å². The number of hydrogen-bond acceptors (Lipinski definition) is 4. The number of nitro groups is 1. The van der Waals surface area contributed by atoms with Gasteiger partial charge in [-0.3, -0.25) is 5.01 Å². The van der Waals surface area contributed by atoms with Crippen LogP contribution in [0.2, 0.25) is 0 Å². The second-order valence-electron chi connectivity index (χ2n) is 2.92. The molecule has 92 valence electrons. The van der Waals surface area contributed by atoms with E-state index in [9.17, 15) is 32.1 Å². The topological polar surface area (TPSA) is 62.0 Å². The van der Waals surface area contributed by atoms with E-state index < -0.39 is 28.3 Å². The number of rotatable bonds is 2. The van der Waals surface area contributed by atoms with Crippen LogP contribution in [0, 0.1) is 10.1 Å². The summed E-state index contributed by atoms with van der Waals surface area (Å²) in [6, 6.07) is 0. The van der Waals surface area contributed by atoms with Crippen molar-refractivity contribution in [1.82, 2.24) is 10.0 Å². The van der Waals surface area contributed by atoms with Gasteiger partial charge in [0.1, 0.15) is 0 Å². The SMILES string of the molecule is CN1N=CN([N+](=O)[O-])C1C(F)(F)C(F)(F)F. The summed E-state index contributed by atoms with van der Waals surface area (Å²) < 4.78 is 61.8. The quantitative estimate of drug-likeness (QED) is 0.413. The Morgan fingerprint density at radius 3 is 2.25 bits per heavy atom. The van der Waals surface area contributed by atoms with Gasteiger partial charge in [0.15, 0.2) is 11.4 Å². The molecule has 0 amide bonds. The monoisotopic (exact) mass is 248 g/mol. The number of hydrogen-bond donors (Lipinski definition) is 0. The summed E-state index contributed by atoms with van der Waals surface area (Å²) in [6.45, 7) is 0. The van der Waals surface area contributed by atoms with Gasteiger partial charge in [0, 0.05) is 7.05 Å². The lowest BCUT2D eigenvalue weighted by Gasteiger charge is -2.30. The third kappa shape index (κ3) is 1.72. The number of nitrogens with zero attached hydrogens (tertiary/aromatic N) is 4. The summed E-state index contributed by atoms with van der Waals surface area (Å²) in [4.78, 5) is 10.2. The van der Waals surface area contributed by atoms with Crippen molar-refractivity contribution in [2.45, 2.75) is 18.3 Å². The maximum absolute atomic E-state index is 12.9. The lowest BCUT2D eigenvalue weighted by molar-refractivity contribution is -0.646. The molecule has 0 aliphatic carbocycles. The standard InChI is InChI=1S/C5H5F5N4O2/c1-12-3(4(6,7)5(8,9)10)13(2-11-12)14(15)16/h2-3H,1H3. The molecule has 0 bridgehead atoms. The highest BCUT2D eigenvalue weighted by Crippen LogP contribution is 2.41. The highest BCUT2D eigenvalue weighted by atomic mass is 19.4. The molecule has 0 radical (unpaired) electrons. The smallest absolute Gasteiger partial charge is 0.264 e. The van der Waals surface area contributed by atoms with Crippen LogP contribution in [0.25, 0.3) is 0 Å². The highest BCUT2D eigenvalue weighted by molar-refractivity contribution is 5.55. The van der Waals surface area contributed by atoms with Gasteiger partial charge >= 0.3 is 12.1 Å². The van der Waals surface area contributed by atoms with Gasteiger partial charge in [-0.25, -0.2) is 10.1 Å². The summed E-state index contributed by atoms with van der Waals surface area (Å²) >= 11 is 0. The Labute approximate surface area is 85.0 Å². The molecule has 0 N–H and O–H groups in total. The van der Waals surface area contributed by atoms with Crippen LogP contribution in [-0.2, 0) is 0 Å².